The van der Waals surface area contributed by atoms with E-state index in [2.05, 4.69) is 20.3 Å². The van der Waals surface area contributed by atoms with Gasteiger partial charge in [0.2, 0.25) is 12.3 Å². The summed E-state index contributed by atoms with van der Waals surface area (Å²) in [6.07, 6.45) is -0.195. The van der Waals surface area contributed by atoms with Crippen molar-refractivity contribution in [2.45, 2.75) is 25.7 Å². The van der Waals surface area contributed by atoms with Gasteiger partial charge in [-0.3, -0.25) is 14.8 Å². The first-order valence-corrected chi connectivity index (χ1v) is 11.6. The normalized spacial score (nSPS) is 12.1. The first kappa shape index (κ1) is 24.2. The van der Waals surface area contributed by atoms with Crippen molar-refractivity contribution < 1.29 is 18.0 Å². The van der Waals surface area contributed by atoms with E-state index in [0.717, 1.165) is 45.8 Å². The second-order valence-electron chi connectivity index (χ2n) is 8.59. The number of alkyl halides is 2. The summed E-state index contributed by atoms with van der Waals surface area (Å²) >= 11 is 0. The molecule has 0 saturated carbocycles. The largest absolute Gasteiger partial charge is 0.353 e. The van der Waals surface area contributed by atoms with E-state index in [1.165, 1.54) is 18.3 Å². The molecule has 0 fully saturated rings. The van der Waals surface area contributed by atoms with E-state index in [9.17, 15) is 18.0 Å². The number of anilines is 1. The summed E-state index contributed by atoms with van der Waals surface area (Å²) in [4.78, 5) is 29.9. The number of H-pyrrole nitrogens is 1. The Morgan fingerprint density at radius 3 is 2.54 bits per heavy atom. The standard InChI is InChI=1S/C28H22F3N5O/c1-16-5-10-22-27(34-16)25(21-4-2-3-12-32-21)26(35-22)18-11-13-33-24(14-18)36-28(37)20(15-23(30)31)17-6-8-19(29)9-7-17/h2-14,20,23,35H,15H2,1H3,(H,33,36,37)/t20-/m0/s1. The van der Waals surface area contributed by atoms with Gasteiger partial charge in [0.1, 0.15) is 11.6 Å². The van der Waals surface area contributed by atoms with Gasteiger partial charge in [0.25, 0.3) is 0 Å². The smallest absolute Gasteiger partial charge is 0.239 e. The molecular formula is C28H22F3N5O. The topological polar surface area (TPSA) is 83.6 Å². The van der Waals surface area contributed by atoms with Crippen LogP contribution >= 0.6 is 0 Å². The second-order valence-corrected chi connectivity index (χ2v) is 8.59. The number of hydrogen-bond donors (Lipinski definition) is 2. The zero-order chi connectivity index (χ0) is 25.9. The molecule has 4 heterocycles. The van der Waals surface area contributed by atoms with Crippen molar-refractivity contribution in [3.63, 3.8) is 0 Å². The Labute approximate surface area is 210 Å². The maximum absolute atomic E-state index is 13.3. The van der Waals surface area contributed by atoms with Gasteiger partial charge in [0.15, 0.2) is 0 Å². The monoisotopic (exact) mass is 501 g/mol. The molecule has 1 atom stereocenters. The lowest BCUT2D eigenvalue weighted by atomic mass is 9.95. The molecule has 1 amide bonds. The van der Waals surface area contributed by atoms with Crippen LogP contribution in [0.1, 0.15) is 23.6 Å². The Hall–Kier alpha value is -4.53. The molecule has 0 unspecified atom stereocenters. The Morgan fingerprint density at radius 2 is 1.81 bits per heavy atom. The van der Waals surface area contributed by atoms with Crippen molar-refractivity contribution in [1.82, 2.24) is 19.9 Å². The third-order valence-electron chi connectivity index (χ3n) is 6.00. The first-order valence-electron chi connectivity index (χ1n) is 11.6. The minimum atomic E-state index is -2.72. The average molecular weight is 502 g/mol. The van der Waals surface area contributed by atoms with Gasteiger partial charge in [-0.05, 0) is 61.0 Å². The summed E-state index contributed by atoms with van der Waals surface area (Å²) < 4.78 is 39.9. The maximum Gasteiger partial charge on any atom is 0.239 e. The number of nitrogens with one attached hydrogen (secondary N) is 2. The molecule has 1 aromatic carbocycles. The summed E-state index contributed by atoms with van der Waals surface area (Å²) in [7, 11) is 0. The molecule has 6 nitrogen and oxygen atoms in total. The van der Waals surface area contributed by atoms with Crippen LogP contribution in [0.15, 0.2) is 79.1 Å². The number of fused-ring (bicyclic) bond motifs is 1. The third kappa shape index (κ3) is 5.20. The summed E-state index contributed by atoms with van der Waals surface area (Å²) in [5.74, 6) is -2.15. The highest BCUT2D eigenvalue weighted by atomic mass is 19.3. The van der Waals surface area contributed by atoms with Gasteiger partial charge in [0, 0.05) is 30.1 Å². The number of aromatic amines is 1. The number of benzene rings is 1. The summed E-state index contributed by atoms with van der Waals surface area (Å²) in [6, 6.07) is 17.8. The summed E-state index contributed by atoms with van der Waals surface area (Å²) in [5, 5.41) is 2.65. The minimum Gasteiger partial charge on any atom is -0.353 e. The number of carbonyl (C=O) groups excluding carboxylic acids is 1. The predicted octanol–water partition coefficient (Wildman–Crippen LogP) is 6.51. The van der Waals surface area contributed by atoms with Crippen LogP contribution in [-0.4, -0.2) is 32.3 Å². The molecule has 0 aliphatic rings. The molecule has 186 valence electrons. The molecule has 0 aliphatic carbocycles. The minimum absolute atomic E-state index is 0.193. The molecule has 5 rings (SSSR count). The third-order valence-corrected chi connectivity index (χ3v) is 6.00. The highest BCUT2D eigenvalue weighted by molar-refractivity contribution is 6.01. The van der Waals surface area contributed by atoms with E-state index >= 15 is 0 Å². The molecule has 0 radical (unpaired) electrons. The number of amides is 1. The van der Waals surface area contributed by atoms with E-state index in [4.69, 9.17) is 4.98 Å². The van der Waals surface area contributed by atoms with Crippen LogP contribution in [0.5, 0.6) is 0 Å². The van der Waals surface area contributed by atoms with Gasteiger partial charge in [0.05, 0.1) is 33.9 Å². The van der Waals surface area contributed by atoms with Crippen molar-refractivity contribution in [2.75, 3.05) is 5.32 Å². The van der Waals surface area contributed by atoms with Gasteiger partial charge in [-0.25, -0.2) is 18.2 Å². The molecule has 4 aromatic heterocycles. The molecule has 0 spiro atoms. The second kappa shape index (κ2) is 10.2. The van der Waals surface area contributed by atoms with Crippen molar-refractivity contribution in [3.8, 4) is 22.5 Å². The predicted molar refractivity (Wildman–Crippen MR) is 136 cm³/mol. The zero-order valence-corrected chi connectivity index (χ0v) is 19.8. The van der Waals surface area contributed by atoms with Gasteiger partial charge in [-0.1, -0.05) is 18.2 Å². The van der Waals surface area contributed by atoms with Crippen LogP contribution in [0.2, 0.25) is 0 Å². The highest BCUT2D eigenvalue weighted by Gasteiger charge is 2.26. The molecule has 9 heteroatoms. The summed E-state index contributed by atoms with van der Waals surface area (Å²) in [5.41, 5.74) is 5.67. The first-order chi connectivity index (χ1) is 17.9. The lowest BCUT2D eigenvalue weighted by molar-refractivity contribution is -0.118. The van der Waals surface area contributed by atoms with Crippen molar-refractivity contribution >= 4 is 22.8 Å². The van der Waals surface area contributed by atoms with Gasteiger partial charge in [-0.2, -0.15) is 0 Å². The molecule has 2 N–H and O–H groups in total. The molecule has 37 heavy (non-hydrogen) atoms. The molecular weight excluding hydrogens is 479 g/mol. The quantitative estimate of drug-likeness (QED) is 0.266. The number of rotatable bonds is 7. The number of halogens is 3. The van der Waals surface area contributed by atoms with Crippen LogP contribution in [0.25, 0.3) is 33.5 Å². The fourth-order valence-corrected chi connectivity index (χ4v) is 4.28. The van der Waals surface area contributed by atoms with Crippen LogP contribution in [0.4, 0.5) is 19.0 Å². The Balaban J connectivity index is 1.52. The van der Waals surface area contributed by atoms with Gasteiger partial charge in [-0.15, -0.1) is 0 Å². The number of pyridine rings is 3. The van der Waals surface area contributed by atoms with E-state index in [-0.39, 0.29) is 5.82 Å². The van der Waals surface area contributed by atoms with E-state index in [1.54, 1.807) is 18.3 Å². The zero-order valence-electron chi connectivity index (χ0n) is 19.8. The van der Waals surface area contributed by atoms with E-state index in [0.29, 0.717) is 11.1 Å². The SMILES string of the molecule is Cc1ccc2[nH]c(-c3ccnc(NC(=O)[C@@H](CC(F)F)c4ccc(F)cc4)c3)c(-c3ccccn3)c2n1. The number of aryl methyl sites for hydroxylation is 1. The van der Waals surface area contributed by atoms with E-state index < -0.39 is 30.5 Å². The number of aromatic nitrogens is 4. The number of hydrogen-bond acceptors (Lipinski definition) is 4. The van der Waals surface area contributed by atoms with Crippen molar-refractivity contribution in [2.24, 2.45) is 0 Å². The average Bonchev–Trinajstić information content (AvgIpc) is 3.27. The Bertz CT molecular complexity index is 1550. The van der Waals surface area contributed by atoms with Crippen LogP contribution in [0.3, 0.4) is 0 Å². The lowest BCUT2D eigenvalue weighted by Gasteiger charge is -2.17. The van der Waals surface area contributed by atoms with Crippen LogP contribution in [0, 0.1) is 12.7 Å². The number of nitrogens with zero attached hydrogens (tertiary/aromatic N) is 3. The lowest BCUT2D eigenvalue weighted by Crippen LogP contribution is -2.23. The van der Waals surface area contributed by atoms with Crippen LogP contribution < -0.4 is 5.32 Å². The summed E-state index contributed by atoms with van der Waals surface area (Å²) in [6.45, 7) is 1.91. The van der Waals surface area contributed by atoms with Crippen molar-refractivity contribution in [1.29, 1.82) is 0 Å². The van der Waals surface area contributed by atoms with Gasteiger partial charge >= 0.3 is 0 Å². The maximum atomic E-state index is 13.3. The fourth-order valence-electron chi connectivity index (χ4n) is 4.28. The highest BCUT2D eigenvalue weighted by Crippen LogP contribution is 2.37. The molecule has 0 saturated heterocycles. The Morgan fingerprint density at radius 1 is 1.00 bits per heavy atom. The van der Waals surface area contributed by atoms with Gasteiger partial charge < -0.3 is 10.3 Å². The molecule has 0 aliphatic heterocycles. The van der Waals surface area contributed by atoms with Crippen molar-refractivity contribution in [3.05, 3.63) is 96.2 Å². The number of carbonyl (C=O) groups is 1. The fraction of sp³-hybridized carbons (Fsp3) is 0.143. The molecule has 5 aromatic rings. The van der Waals surface area contributed by atoms with Crippen LogP contribution in [-0.2, 0) is 4.79 Å². The van der Waals surface area contributed by atoms with E-state index in [1.807, 2.05) is 37.3 Å². The molecule has 0 bridgehead atoms. The Kier molecular flexibility index (Phi) is 6.68.